The lowest BCUT2D eigenvalue weighted by Gasteiger charge is -2.10. The highest BCUT2D eigenvalue weighted by Crippen LogP contribution is 2.35. The topological polar surface area (TPSA) is 24.9 Å². The van der Waals surface area contributed by atoms with Crippen LogP contribution in [0, 0.1) is 11.7 Å². The average molecular weight is 236 g/mol. The molecular weight excluding hydrogens is 223 g/mol. The Hall–Kier alpha value is -1.16. The van der Waals surface area contributed by atoms with E-state index in [4.69, 9.17) is 0 Å². The van der Waals surface area contributed by atoms with Crippen molar-refractivity contribution in [1.29, 1.82) is 0 Å². The molecule has 0 aliphatic heterocycles. The predicted molar refractivity (Wildman–Crippen MR) is 65.4 cm³/mol. The van der Waals surface area contributed by atoms with Gasteiger partial charge in [-0.3, -0.25) is 0 Å². The third-order valence-corrected chi connectivity index (χ3v) is 3.98. The fraction of sp³-hybridized carbons (Fsp3) is 0.417. The summed E-state index contributed by atoms with van der Waals surface area (Å²) >= 11 is 1.52. The van der Waals surface area contributed by atoms with Crippen LogP contribution in [0.4, 0.5) is 9.52 Å². The molecule has 16 heavy (non-hydrogen) atoms. The minimum Gasteiger partial charge on any atom is -0.359 e. The number of rotatable bonds is 3. The van der Waals surface area contributed by atoms with Crippen LogP contribution in [0.25, 0.3) is 10.2 Å². The van der Waals surface area contributed by atoms with Gasteiger partial charge in [-0.05, 0) is 43.9 Å². The SMILES string of the molecule is CC(Nc1nc2ccc(F)cc2s1)C1CC1. The lowest BCUT2D eigenvalue weighted by molar-refractivity contribution is 0.630. The molecule has 2 aromatic rings. The summed E-state index contributed by atoms with van der Waals surface area (Å²) < 4.78 is 13.9. The Morgan fingerprint density at radius 3 is 3.06 bits per heavy atom. The number of fused-ring (bicyclic) bond motifs is 1. The molecule has 1 aliphatic rings. The smallest absolute Gasteiger partial charge is 0.184 e. The van der Waals surface area contributed by atoms with E-state index >= 15 is 0 Å². The predicted octanol–water partition coefficient (Wildman–Crippen LogP) is 3.65. The molecule has 84 valence electrons. The van der Waals surface area contributed by atoms with E-state index in [1.54, 1.807) is 12.1 Å². The number of benzene rings is 1. The third-order valence-electron chi connectivity index (χ3n) is 3.03. The van der Waals surface area contributed by atoms with Crippen LogP contribution >= 0.6 is 11.3 Å². The summed E-state index contributed by atoms with van der Waals surface area (Å²) in [4.78, 5) is 4.44. The largest absolute Gasteiger partial charge is 0.359 e. The van der Waals surface area contributed by atoms with Gasteiger partial charge in [0.25, 0.3) is 0 Å². The van der Waals surface area contributed by atoms with Gasteiger partial charge in [0.1, 0.15) is 5.82 Å². The van der Waals surface area contributed by atoms with Gasteiger partial charge in [-0.15, -0.1) is 0 Å². The molecule has 2 nitrogen and oxygen atoms in total. The monoisotopic (exact) mass is 236 g/mol. The molecule has 0 bridgehead atoms. The summed E-state index contributed by atoms with van der Waals surface area (Å²) in [5, 5.41) is 4.30. The molecule has 1 fully saturated rings. The zero-order valence-corrected chi connectivity index (χ0v) is 9.85. The van der Waals surface area contributed by atoms with Crippen LogP contribution in [0.2, 0.25) is 0 Å². The Morgan fingerprint density at radius 2 is 2.31 bits per heavy atom. The molecular formula is C12H13FN2S. The maximum atomic E-state index is 13.0. The van der Waals surface area contributed by atoms with Crippen LogP contribution in [0.1, 0.15) is 19.8 Å². The fourth-order valence-electron chi connectivity index (χ4n) is 1.87. The zero-order valence-electron chi connectivity index (χ0n) is 9.03. The van der Waals surface area contributed by atoms with E-state index in [0.29, 0.717) is 6.04 Å². The molecule has 1 aromatic heterocycles. The Labute approximate surface area is 97.5 Å². The Kier molecular flexibility index (Phi) is 2.32. The lowest BCUT2D eigenvalue weighted by Crippen LogP contribution is -2.16. The van der Waals surface area contributed by atoms with E-state index in [0.717, 1.165) is 21.3 Å². The van der Waals surface area contributed by atoms with Crippen LogP contribution in [0.15, 0.2) is 18.2 Å². The molecule has 1 atom stereocenters. The van der Waals surface area contributed by atoms with Crippen molar-refractivity contribution in [2.45, 2.75) is 25.8 Å². The molecule has 4 heteroatoms. The second-order valence-corrected chi connectivity index (χ2v) is 5.43. The molecule has 3 rings (SSSR count). The summed E-state index contributed by atoms with van der Waals surface area (Å²) in [6.07, 6.45) is 2.63. The van der Waals surface area contributed by atoms with Crippen molar-refractivity contribution >= 4 is 26.7 Å². The highest BCUT2D eigenvalue weighted by atomic mass is 32.1. The molecule has 1 saturated carbocycles. The highest BCUT2D eigenvalue weighted by Gasteiger charge is 2.28. The normalized spacial score (nSPS) is 17.6. The quantitative estimate of drug-likeness (QED) is 0.880. The maximum Gasteiger partial charge on any atom is 0.184 e. The van der Waals surface area contributed by atoms with Crippen LogP contribution in [0.3, 0.4) is 0 Å². The van der Waals surface area contributed by atoms with Crippen molar-refractivity contribution in [2.75, 3.05) is 5.32 Å². The van der Waals surface area contributed by atoms with Crippen molar-refractivity contribution in [1.82, 2.24) is 4.98 Å². The number of thiazole rings is 1. The number of nitrogens with one attached hydrogen (secondary N) is 1. The summed E-state index contributed by atoms with van der Waals surface area (Å²) in [5.74, 6) is 0.599. The lowest BCUT2D eigenvalue weighted by atomic mass is 10.2. The van der Waals surface area contributed by atoms with Crippen LogP contribution < -0.4 is 5.32 Å². The van der Waals surface area contributed by atoms with E-state index in [1.807, 2.05) is 0 Å². The molecule has 0 saturated heterocycles. The number of anilines is 1. The maximum absolute atomic E-state index is 13.0. The van der Waals surface area contributed by atoms with Crippen molar-refractivity contribution in [3.63, 3.8) is 0 Å². The van der Waals surface area contributed by atoms with E-state index in [-0.39, 0.29) is 5.82 Å². The summed E-state index contributed by atoms with van der Waals surface area (Å²) in [5.41, 5.74) is 0.872. The average Bonchev–Trinajstić information content (AvgIpc) is 3.00. The van der Waals surface area contributed by atoms with Crippen molar-refractivity contribution in [3.05, 3.63) is 24.0 Å². The van der Waals surface area contributed by atoms with Gasteiger partial charge in [-0.25, -0.2) is 9.37 Å². The highest BCUT2D eigenvalue weighted by molar-refractivity contribution is 7.22. The second-order valence-electron chi connectivity index (χ2n) is 4.40. The van der Waals surface area contributed by atoms with Crippen molar-refractivity contribution in [2.24, 2.45) is 5.92 Å². The molecule has 1 N–H and O–H groups in total. The fourth-order valence-corrected chi connectivity index (χ4v) is 2.86. The number of hydrogen-bond donors (Lipinski definition) is 1. The third kappa shape index (κ3) is 1.89. The van der Waals surface area contributed by atoms with E-state index in [1.165, 1.54) is 30.2 Å². The number of halogens is 1. The molecule has 1 heterocycles. The Morgan fingerprint density at radius 1 is 1.50 bits per heavy atom. The first kappa shape index (κ1) is 10.0. The first-order chi connectivity index (χ1) is 7.72. The van der Waals surface area contributed by atoms with E-state index < -0.39 is 0 Å². The first-order valence-electron chi connectivity index (χ1n) is 5.55. The molecule has 1 unspecified atom stereocenters. The minimum atomic E-state index is -0.196. The van der Waals surface area contributed by atoms with Gasteiger partial charge >= 0.3 is 0 Å². The van der Waals surface area contributed by atoms with E-state index in [9.17, 15) is 4.39 Å². The minimum absolute atomic E-state index is 0.196. The van der Waals surface area contributed by atoms with Gasteiger partial charge in [0.2, 0.25) is 0 Å². The first-order valence-corrected chi connectivity index (χ1v) is 6.36. The Bertz CT molecular complexity index is 519. The van der Waals surface area contributed by atoms with Crippen molar-refractivity contribution < 1.29 is 4.39 Å². The van der Waals surface area contributed by atoms with Gasteiger partial charge in [0.15, 0.2) is 5.13 Å². The number of hydrogen-bond acceptors (Lipinski definition) is 3. The van der Waals surface area contributed by atoms with Gasteiger partial charge in [-0.2, -0.15) is 0 Å². The van der Waals surface area contributed by atoms with Crippen molar-refractivity contribution in [3.8, 4) is 0 Å². The summed E-state index contributed by atoms with van der Waals surface area (Å²) in [6, 6.07) is 5.20. The molecule has 0 radical (unpaired) electrons. The van der Waals surface area contributed by atoms with Crippen LogP contribution in [-0.2, 0) is 0 Å². The molecule has 1 aromatic carbocycles. The van der Waals surface area contributed by atoms with E-state index in [2.05, 4.69) is 17.2 Å². The number of nitrogens with zero attached hydrogens (tertiary/aromatic N) is 1. The number of aromatic nitrogens is 1. The van der Waals surface area contributed by atoms with Crippen LogP contribution in [-0.4, -0.2) is 11.0 Å². The summed E-state index contributed by atoms with van der Waals surface area (Å²) in [7, 11) is 0. The summed E-state index contributed by atoms with van der Waals surface area (Å²) in [6.45, 7) is 2.18. The molecule has 0 spiro atoms. The standard InChI is InChI=1S/C12H13FN2S/c1-7(8-2-3-8)14-12-15-10-5-4-9(13)6-11(10)16-12/h4-8H,2-3H2,1H3,(H,14,15). The second kappa shape index (κ2) is 3.70. The molecule has 1 aliphatic carbocycles. The van der Waals surface area contributed by atoms with Gasteiger partial charge in [0.05, 0.1) is 10.2 Å². The van der Waals surface area contributed by atoms with Gasteiger partial charge < -0.3 is 5.32 Å². The Balaban J connectivity index is 1.86. The zero-order chi connectivity index (χ0) is 11.1. The van der Waals surface area contributed by atoms with Gasteiger partial charge in [0, 0.05) is 6.04 Å². The van der Waals surface area contributed by atoms with Gasteiger partial charge in [-0.1, -0.05) is 11.3 Å². The van der Waals surface area contributed by atoms with Crippen LogP contribution in [0.5, 0.6) is 0 Å². The molecule has 0 amide bonds.